The number of allylic oxidation sites excluding steroid dienone is 5. The van der Waals surface area contributed by atoms with Crippen LogP contribution in [0, 0.1) is 24.7 Å². The summed E-state index contributed by atoms with van der Waals surface area (Å²) in [6, 6.07) is 0. The Morgan fingerprint density at radius 1 is 0.907 bits per heavy atom. The van der Waals surface area contributed by atoms with Crippen LogP contribution in [-0.4, -0.2) is 96.7 Å². The zero-order valence-corrected chi connectivity index (χ0v) is 31.5. The van der Waals surface area contributed by atoms with Crippen LogP contribution < -0.4 is 10.1 Å². The van der Waals surface area contributed by atoms with Crippen molar-refractivity contribution < 1.29 is 68.8 Å². The first kappa shape index (κ1) is 40.4. The quantitative estimate of drug-likeness (QED) is 0.124. The molecule has 6 bridgehead atoms. The number of esters is 2. The van der Waals surface area contributed by atoms with Gasteiger partial charge in [0.15, 0.2) is 11.5 Å². The number of anilines is 1. The maximum Gasteiger partial charge on any atom is 0.314 e. The summed E-state index contributed by atoms with van der Waals surface area (Å²) in [6.45, 7) is 12.1. The number of rotatable bonds is 1. The maximum atomic E-state index is 13.9. The number of aliphatic hydroxyl groups is 5. The molecule has 7 N–H and O–H groups in total. The Kier molecular flexibility index (Phi) is 10.8. The van der Waals surface area contributed by atoms with E-state index in [4.69, 9.17) is 18.9 Å². The van der Waals surface area contributed by atoms with Crippen LogP contribution in [0.15, 0.2) is 52.5 Å². The molecular formula is C39H47NO14. The third-order valence-corrected chi connectivity index (χ3v) is 10.7. The number of ether oxygens (including phenoxy) is 4. The van der Waals surface area contributed by atoms with Crippen LogP contribution in [0.25, 0.3) is 5.57 Å². The molecule has 9 atom stereocenters. The van der Waals surface area contributed by atoms with Gasteiger partial charge < -0.3 is 54.9 Å². The van der Waals surface area contributed by atoms with Crippen LogP contribution in [0.4, 0.5) is 5.69 Å². The molecule has 1 fully saturated rings. The SMILES string of the molecule is CC(=O)Oc1c(C)c2c(O)c3c1C1=C(OCOC1=C(C)C3=O)C(C)=C[C@@](C)(O)[C@H](O)[C@@H](C)[C@@H](O)[C@@H]1C(=O)O[C@@H]([C@@H](C)[C@H]1O)[C@](C)(O)C=CC=C(C)C(=O)N2. The molecule has 1 aromatic carbocycles. The first-order chi connectivity index (χ1) is 25.0. The summed E-state index contributed by atoms with van der Waals surface area (Å²) in [6.07, 6.45) is -1.21. The summed E-state index contributed by atoms with van der Waals surface area (Å²) in [7, 11) is 0. The average Bonchev–Trinajstić information content (AvgIpc) is 3.09. The molecule has 6 heterocycles. The molecule has 54 heavy (non-hydrogen) atoms. The molecule has 0 spiro atoms. The predicted molar refractivity (Wildman–Crippen MR) is 191 cm³/mol. The van der Waals surface area contributed by atoms with Gasteiger partial charge in [-0.3, -0.25) is 19.2 Å². The second-order valence-electron chi connectivity index (χ2n) is 14.9. The second-order valence-corrected chi connectivity index (χ2v) is 14.9. The standard InChI is InChI=1S/C39H47NO14/c1-15-11-10-12-38(8,49)35-20(6)29(44)25(37(48)54-35)28(43)19(5)34(46)39(9,50)13-16(2)31-24-22-23(27(42)18(4)32(24)52-14-51-31)30(45)26(40-36(15)47)17(3)33(22)53-21(7)41/h10-13,19-20,25,28-29,34-35,43-46,49-50H,14H2,1-9H3,(H,40,47)/t19-,20-,25-,28+,29+,34+,35-,38+,39+/m0/s1. The number of benzene rings is 1. The van der Waals surface area contributed by atoms with Gasteiger partial charge >= 0.3 is 11.9 Å². The summed E-state index contributed by atoms with van der Waals surface area (Å²) >= 11 is 0. The van der Waals surface area contributed by atoms with E-state index in [1.807, 2.05) is 0 Å². The number of hydrogen-bond donors (Lipinski definition) is 7. The number of aliphatic hydroxyl groups excluding tert-OH is 3. The van der Waals surface area contributed by atoms with E-state index in [-0.39, 0.29) is 61.9 Å². The van der Waals surface area contributed by atoms with Crippen molar-refractivity contribution in [3.8, 4) is 11.5 Å². The van der Waals surface area contributed by atoms with Gasteiger partial charge in [-0.15, -0.1) is 0 Å². The average molecular weight is 754 g/mol. The molecule has 7 aliphatic rings. The van der Waals surface area contributed by atoms with Gasteiger partial charge in [0.2, 0.25) is 6.79 Å². The number of carbonyl (C=O) groups is 4. The van der Waals surface area contributed by atoms with E-state index in [0.29, 0.717) is 0 Å². The van der Waals surface area contributed by atoms with Crippen molar-refractivity contribution in [1.29, 1.82) is 0 Å². The van der Waals surface area contributed by atoms with E-state index in [2.05, 4.69) is 5.32 Å². The molecule has 8 rings (SSSR count). The minimum absolute atomic E-state index is 0.0103. The third kappa shape index (κ3) is 6.86. The summed E-state index contributed by atoms with van der Waals surface area (Å²) in [5.41, 5.74) is -4.31. The first-order valence-electron chi connectivity index (χ1n) is 17.4. The van der Waals surface area contributed by atoms with Crippen LogP contribution >= 0.6 is 0 Å². The fourth-order valence-corrected chi connectivity index (χ4v) is 7.59. The lowest BCUT2D eigenvalue weighted by Crippen LogP contribution is -2.60. The second kappa shape index (κ2) is 14.5. The third-order valence-electron chi connectivity index (χ3n) is 10.7. The molecule has 15 heteroatoms. The van der Waals surface area contributed by atoms with Gasteiger partial charge in [-0.2, -0.15) is 0 Å². The Hall–Kier alpha value is -4.80. The normalized spacial score (nSPS) is 33.4. The van der Waals surface area contributed by atoms with Crippen molar-refractivity contribution in [2.45, 2.75) is 97.9 Å². The molecule has 292 valence electrons. The summed E-state index contributed by atoms with van der Waals surface area (Å²) < 4.78 is 22.9. The fourth-order valence-electron chi connectivity index (χ4n) is 7.59. The lowest BCUT2D eigenvalue weighted by molar-refractivity contribution is -0.211. The smallest absolute Gasteiger partial charge is 0.314 e. The number of hydrogen-bond acceptors (Lipinski definition) is 14. The van der Waals surface area contributed by atoms with Crippen LogP contribution in [0.3, 0.4) is 0 Å². The van der Waals surface area contributed by atoms with Gasteiger partial charge in [-0.05, 0) is 59.3 Å². The maximum absolute atomic E-state index is 13.9. The van der Waals surface area contributed by atoms with E-state index in [9.17, 15) is 49.8 Å². The number of phenolic OH excluding ortho intramolecular Hbond substituents is 1. The highest BCUT2D eigenvalue weighted by atomic mass is 16.7. The van der Waals surface area contributed by atoms with Crippen molar-refractivity contribution in [3.05, 3.63) is 69.2 Å². The van der Waals surface area contributed by atoms with Crippen LogP contribution in [0.2, 0.25) is 0 Å². The molecule has 1 saturated heterocycles. The van der Waals surface area contributed by atoms with Gasteiger partial charge in [0.05, 0.1) is 35.1 Å². The minimum atomic E-state index is -2.15. The number of ketones is 1. The predicted octanol–water partition coefficient (Wildman–Crippen LogP) is 2.61. The lowest BCUT2D eigenvalue weighted by atomic mass is 9.73. The number of phenols is 1. The molecule has 6 aliphatic heterocycles. The highest BCUT2D eigenvalue weighted by Gasteiger charge is 2.53. The van der Waals surface area contributed by atoms with E-state index in [0.717, 1.165) is 6.92 Å². The molecule has 1 amide bonds. The topological polar surface area (TPSA) is 239 Å². The number of amides is 1. The van der Waals surface area contributed by atoms with Crippen molar-refractivity contribution in [2.75, 3.05) is 12.1 Å². The van der Waals surface area contributed by atoms with Crippen LogP contribution in [-0.2, 0) is 28.6 Å². The lowest BCUT2D eigenvalue weighted by Gasteiger charge is -2.45. The Bertz CT molecular complexity index is 1960. The van der Waals surface area contributed by atoms with E-state index >= 15 is 0 Å². The number of carbonyl (C=O) groups excluding carboxylic acids is 4. The fraction of sp³-hybridized carbons (Fsp3) is 0.487. The molecule has 15 nitrogen and oxygen atoms in total. The Labute approximate surface area is 311 Å². The number of aromatic hydroxyl groups is 1. The van der Waals surface area contributed by atoms with Gasteiger partial charge in [-0.25, -0.2) is 0 Å². The molecular weight excluding hydrogens is 706 g/mol. The van der Waals surface area contributed by atoms with Gasteiger partial charge in [0.25, 0.3) is 5.91 Å². The molecule has 1 aromatic rings. The zero-order chi connectivity index (χ0) is 40.4. The highest BCUT2D eigenvalue weighted by molar-refractivity contribution is 6.21. The van der Waals surface area contributed by atoms with E-state index in [1.54, 1.807) is 0 Å². The van der Waals surface area contributed by atoms with Crippen molar-refractivity contribution >= 4 is 34.9 Å². The van der Waals surface area contributed by atoms with Gasteiger partial charge in [0.1, 0.15) is 40.5 Å². The van der Waals surface area contributed by atoms with Crippen molar-refractivity contribution in [2.24, 2.45) is 17.8 Å². The Morgan fingerprint density at radius 3 is 2.15 bits per heavy atom. The van der Waals surface area contributed by atoms with Crippen LogP contribution in [0.5, 0.6) is 11.5 Å². The molecule has 0 unspecified atom stereocenters. The monoisotopic (exact) mass is 753 g/mol. The summed E-state index contributed by atoms with van der Waals surface area (Å²) in [5.74, 6) is -7.85. The highest BCUT2D eigenvalue weighted by Crippen LogP contribution is 2.53. The number of Topliss-reactive ketones (excluding diaryl/α,β-unsaturated/α-hetero) is 1. The first-order valence-corrected chi connectivity index (χ1v) is 17.4. The largest absolute Gasteiger partial charge is 0.505 e. The van der Waals surface area contributed by atoms with Crippen LogP contribution in [0.1, 0.15) is 76.9 Å². The van der Waals surface area contributed by atoms with E-state index in [1.165, 1.54) is 79.7 Å². The molecule has 1 aliphatic carbocycles. The van der Waals surface area contributed by atoms with E-state index < -0.39 is 89.5 Å². The van der Waals surface area contributed by atoms with Gasteiger partial charge in [-0.1, -0.05) is 26.0 Å². The molecule has 0 aromatic heterocycles. The van der Waals surface area contributed by atoms with Crippen molar-refractivity contribution in [3.63, 3.8) is 0 Å². The Balaban J connectivity index is 1.80. The summed E-state index contributed by atoms with van der Waals surface area (Å²) in [5, 5.41) is 71.6. The summed E-state index contributed by atoms with van der Waals surface area (Å²) in [4.78, 5) is 53.3. The Morgan fingerprint density at radius 2 is 1.52 bits per heavy atom. The number of nitrogens with one attached hydrogen (secondary N) is 1. The molecule has 0 saturated carbocycles. The van der Waals surface area contributed by atoms with Crippen molar-refractivity contribution in [1.82, 2.24) is 0 Å². The zero-order valence-electron chi connectivity index (χ0n) is 31.5. The minimum Gasteiger partial charge on any atom is -0.505 e. The van der Waals surface area contributed by atoms with Gasteiger partial charge in [0, 0.05) is 41.0 Å². The molecule has 0 radical (unpaired) electrons.